The van der Waals surface area contributed by atoms with Crippen LogP contribution in [-0.2, 0) is 5.41 Å². The van der Waals surface area contributed by atoms with Gasteiger partial charge < -0.3 is 10.1 Å². The average Bonchev–Trinajstić information content (AvgIpc) is 2.54. The summed E-state index contributed by atoms with van der Waals surface area (Å²) in [5.41, 5.74) is 2.42. The Balaban J connectivity index is 2.00. The molecule has 25 heavy (non-hydrogen) atoms. The van der Waals surface area contributed by atoms with E-state index in [1.54, 1.807) is 37.4 Å². The van der Waals surface area contributed by atoms with E-state index in [1.807, 2.05) is 12.1 Å². The van der Waals surface area contributed by atoms with Gasteiger partial charge in [0.15, 0.2) is 5.11 Å². The van der Waals surface area contributed by atoms with Crippen LogP contribution in [0.15, 0.2) is 42.5 Å². The number of ether oxygens (including phenoxy) is 1. The molecular formula is C19H21ClN2O2S. The van der Waals surface area contributed by atoms with Crippen molar-refractivity contribution in [1.29, 1.82) is 0 Å². The number of carbonyl (C=O) groups is 1. The first-order valence-electron chi connectivity index (χ1n) is 7.77. The van der Waals surface area contributed by atoms with Gasteiger partial charge in [-0.1, -0.05) is 44.5 Å². The molecule has 132 valence electrons. The summed E-state index contributed by atoms with van der Waals surface area (Å²) in [6, 6.07) is 12.7. The third-order valence-corrected chi connectivity index (χ3v) is 4.15. The third kappa shape index (κ3) is 5.18. The summed E-state index contributed by atoms with van der Waals surface area (Å²) in [4.78, 5) is 12.3. The van der Waals surface area contributed by atoms with Gasteiger partial charge in [0.1, 0.15) is 5.75 Å². The molecule has 1 amide bonds. The summed E-state index contributed by atoms with van der Waals surface area (Å²) >= 11 is 11.3. The van der Waals surface area contributed by atoms with E-state index in [4.69, 9.17) is 28.6 Å². The highest BCUT2D eigenvalue weighted by Gasteiger charge is 2.15. The predicted molar refractivity (Wildman–Crippen MR) is 107 cm³/mol. The molecule has 0 atom stereocenters. The number of anilines is 1. The fraction of sp³-hybridized carbons (Fsp3) is 0.263. The van der Waals surface area contributed by atoms with Gasteiger partial charge in [0.25, 0.3) is 5.91 Å². The summed E-state index contributed by atoms with van der Waals surface area (Å²) in [5.74, 6) is 0.304. The Kier molecular flexibility index (Phi) is 6.03. The van der Waals surface area contributed by atoms with Crippen molar-refractivity contribution < 1.29 is 9.53 Å². The van der Waals surface area contributed by atoms with Crippen molar-refractivity contribution in [2.75, 3.05) is 12.4 Å². The van der Waals surface area contributed by atoms with Crippen molar-refractivity contribution in [1.82, 2.24) is 5.32 Å². The monoisotopic (exact) mass is 376 g/mol. The van der Waals surface area contributed by atoms with Crippen molar-refractivity contribution in [3.63, 3.8) is 0 Å². The van der Waals surface area contributed by atoms with E-state index in [1.165, 1.54) is 0 Å². The van der Waals surface area contributed by atoms with Crippen LogP contribution in [-0.4, -0.2) is 18.1 Å². The van der Waals surface area contributed by atoms with E-state index in [0.717, 1.165) is 5.56 Å². The second kappa shape index (κ2) is 7.85. The van der Waals surface area contributed by atoms with Crippen LogP contribution in [0.4, 0.5) is 5.69 Å². The van der Waals surface area contributed by atoms with E-state index in [0.29, 0.717) is 22.0 Å². The van der Waals surface area contributed by atoms with Crippen LogP contribution in [0.2, 0.25) is 5.02 Å². The highest BCUT2D eigenvalue weighted by atomic mass is 35.5. The Morgan fingerprint density at radius 3 is 2.28 bits per heavy atom. The number of hydrogen-bond donors (Lipinski definition) is 2. The lowest BCUT2D eigenvalue weighted by atomic mass is 9.87. The molecule has 0 aliphatic carbocycles. The van der Waals surface area contributed by atoms with Gasteiger partial charge in [0.2, 0.25) is 0 Å². The summed E-state index contributed by atoms with van der Waals surface area (Å²) in [6.07, 6.45) is 0. The lowest BCUT2D eigenvalue weighted by Crippen LogP contribution is -2.34. The van der Waals surface area contributed by atoms with Crippen molar-refractivity contribution >= 4 is 40.5 Å². The van der Waals surface area contributed by atoms with Gasteiger partial charge in [-0.25, -0.2) is 0 Å². The van der Waals surface area contributed by atoms with E-state index in [2.05, 4.69) is 31.4 Å². The molecule has 0 heterocycles. The number of nitrogens with one attached hydrogen (secondary N) is 2. The highest BCUT2D eigenvalue weighted by Crippen LogP contribution is 2.27. The quantitative estimate of drug-likeness (QED) is 0.757. The maximum atomic E-state index is 12.3. The van der Waals surface area contributed by atoms with Gasteiger partial charge in [-0.05, 0) is 53.5 Å². The molecular weight excluding hydrogens is 356 g/mol. The van der Waals surface area contributed by atoms with Gasteiger partial charge in [-0.3, -0.25) is 10.1 Å². The Labute approximate surface area is 158 Å². The lowest BCUT2D eigenvalue weighted by molar-refractivity contribution is 0.0977. The summed E-state index contributed by atoms with van der Waals surface area (Å²) in [5, 5.41) is 6.25. The zero-order valence-electron chi connectivity index (χ0n) is 14.6. The normalized spacial score (nSPS) is 10.9. The van der Waals surface area contributed by atoms with Crippen LogP contribution in [0.3, 0.4) is 0 Å². The molecule has 0 radical (unpaired) electrons. The predicted octanol–water partition coefficient (Wildman–Crippen LogP) is 4.77. The number of carbonyl (C=O) groups excluding carboxylic acids is 1. The molecule has 0 spiro atoms. The van der Waals surface area contributed by atoms with E-state index >= 15 is 0 Å². The van der Waals surface area contributed by atoms with E-state index in [9.17, 15) is 4.79 Å². The standard InChI is InChI=1S/C19H21ClN2O2S/c1-19(2,3)13-7-5-12(6-8-13)17(23)22-18(25)21-14-9-10-16(24-4)15(20)11-14/h5-11H,1-4H3,(H2,21,22,23,25). The third-order valence-electron chi connectivity index (χ3n) is 3.65. The Morgan fingerprint density at radius 2 is 1.76 bits per heavy atom. The molecule has 0 unspecified atom stereocenters. The minimum atomic E-state index is -0.266. The van der Waals surface area contributed by atoms with Crippen LogP contribution in [0.1, 0.15) is 36.7 Å². The number of hydrogen-bond acceptors (Lipinski definition) is 3. The fourth-order valence-electron chi connectivity index (χ4n) is 2.20. The molecule has 0 bridgehead atoms. The number of amides is 1. The zero-order chi connectivity index (χ0) is 18.6. The molecule has 0 saturated heterocycles. The first-order valence-corrected chi connectivity index (χ1v) is 8.56. The Bertz CT molecular complexity index is 783. The van der Waals surface area contributed by atoms with Crippen LogP contribution in [0.25, 0.3) is 0 Å². The van der Waals surface area contributed by atoms with Crippen molar-refractivity contribution in [2.24, 2.45) is 0 Å². The van der Waals surface area contributed by atoms with Crippen molar-refractivity contribution in [2.45, 2.75) is 26.2 Å². The van der Waals surface area contributed by atoms with Gasteiger partial charge in [0, 0.05) is 11.3 Å². The maximum Gasteiger partial charge on any atom is 0.257 e. The summed E-state index contributed by atoms with van der Waals surface area (Å²) in [6.45, 7) is 6.38. The second-order valence-corrected chi connectivity index (χ2v) is 7.40. The van der Waals surface area contributed by atoms with Gasteiger partial charge in [-0.15, -0.1) is 0 Å². The van der Waals surface area contributed by atoms with Gasteiger partial charge in [0.05, 0.1) is 12.1 Å². The topological polar surface area (TPSA) is 50.4 Å². The molecule has 0 aliphatic heterocycles. The molecule has 2 N–H and O–H groups in total. The zero-order valence-corrected chi connectivity index (χ0v) is 16.2. The Morgan fingerprint density at radius 1 is 1.12 bits per heavy atom. The summed E-state index contributed by atoms with van der Waals surface area (Å²) < 4.78 is 5.10. The fourth-order valence-corrected chi connectivity index (χ4v) is 2.67. The molecule has 0 aliphatic rings. The minimum Gasteiger partial charge on any atom is -0.495 e. The molecule has 2 aromatic carbocycles. The van der Waals surface area contributed by atoms with E-state index < -0.39 is 0 Å². The number of benzene rings is 2. The van der Waals surface area contributed by atoms with Crippen molar-refractivity contribution in [3.8, 4) is 5.75 Å². The average molecular weight is 377 g/mol. The first kappa shape index (κ1) is 19.2. The molecule has 2 rings (SSSR count). The molecule has 4 nitrogen and oxygen atoms in total. The van der Waals surface area contributed by atoms with E-state index in [-0.39, 0.29) is 16.4 Å². The first-order chi connectivity index (χ1) is 11.7. The minimum absolute atomic E-state index is 0.0412. The molecule has 6 heteroatoms. The number of halogens is 1. The van der Waals surface area contributed by atoms with Gasteiger partial charge >= 0.3 is 0 Å². The largest absolute Gasteiger partial charge is 0.495 e. The van der Waals surface area contributed by atoms with Gasteiger partial charge in [-0.2, -0.15) is 0 Å². The molecule has 0 aromatic heterocycles. The number of thiocarbonyl (C=S) groups is 1. The van der Waals surface area contributed by atoms with Crippen LogP contribution in [0, 0.1) is 0 Å². The molecule has 0 fully saturated rings. The number of rotatable bonds is 3. The van der Waals surface area contributed by atoms with Crippen LogP contribution >= 0.6 is 23.8 Å². The highest BCUT2D eigenvalue weighted by molar-refractivity contribution is 7.80. The number of methoxy groups -OCH3 is 1. The SMILES string of the molecule is COc1ccc(NC(=S)NC(=O)c2ccc(C(C)(C)C)cc2)cc1Cl. The Hall–Kier alpha value is -2.11. The smallest absolute Gasteiger partial charge is 0.257 e. The van der Waals surface area contributed by atoms with Crippen LogP contribution < -0.4 is 15.4 Å². The molecule has 2 aromatic rings. The lowest BCUT2D eigenvalue weighted by Gasteiger charge is -2.19. The molecule has 0 saturated carbocycles. The second-order valence-electron chi connectivity index (χ2n) is 6.58. The van der Waals surface area contributed by atoms with Crippen LogP contribution in [0.5, 0.6) is 5.75 Å². The summed E-state index contributed by atoms with van der Waals surface area (Å²) in [7, 11) is 1.55. The van der Waals surface area contributed by atoms with Crippen molar-refractivity contribution in [3.05, 3.63) is 58.6 Å². The maximum absolute atomic E-state index is 12.3.